The van der Waals surface area contributed by atoms with Crippen molar-refractivity contribution in [2.45, 2.75) is 32.5 Å². The second-order valence-corrected chi connectivity index (χ2v) is 4.24. The number of hydrogen-bond acceptors (Lipinski definition) is 4. The van der Waals surface area contributed by atoms with Crippen LogP contribution in [-0.4, -0.2) is 14.8 Å². The average molecular weight is 255 g/mol. The maximum Gasteiger partial charge on any atom is 0.146 e. The Hall–Kier alpha value is -2.19. The van der Waals surface area contributed by atoms with Crippen molar-refractivity contribution < 1.29 is 0 Å². The topological polar surface area (TPSA) is 66.5 Å². The molecule has 0 radical (unpaired) electrons. The molecule has 0 saturated carbocycles. The third-order valence-electron chi connectivity index (χ3n) is 3.04. The zero-order valence-electron chi connectivity index (χ0n) is 11.0. The minimum absolute atomic E-state index is 0.0215. The van der Waals surface area contributed by atoms with Crippen molar-refractivity contribution in [3.8, 4) is 6.07 Å². The van der Waals surface area contributed by atoms with Crippen LogP contribution in [-0.2, 0) is 13.1 Å². The van der Waals surface area contributed by atoms with Crippen molar-refractivity contribution in [3.63, 3.8) is 0 Å². The maximum atomic E-state index is 8.93. The van der Waals surface area contributed by atoms with E-state index in [0.29, 0.717) is 13.0 Å². The molecule has 2 rings (SSSR count). The number of nitriles is 1. The molecule has 0 aliphatic heterocycles. The predicted octanol–water partition coefficient (Wildman–Crippen LogP) is 2.04. The molecule has 5 nitrogen and oxygen atoms in total. The third kappa shape index (κ3) is 3.39. The van der Waals surface area contributed by atoms with Crippen LogP contribution in [0.15, 0.2) is 36.7 Å². The van der Waals surface area contributed by atoms with Gasteiger partial charge in [-0.25, -0.2) is 0 Å². The molecule has 1 unspecified atom stereocenters. The molecule has 0 spiro atoms. The monoisotopic (exact) mass is 255 g/mol. The van der Waals surface area contributed by atoms with Crippen LogP contribution in [0.4, 0.5) is 0 Å². The first-order valence-electron chi connectivity index (χ1n) is 6.37. The van der Waals surface area contributed by atoms with Gasteiger partial charge < -0.3 is 9.88 Å². The molecule has 0 aliphatic rings. The van der Waals surface area contributed by atoms with Crippen molar-refractivity contribution in [3.05, 3.63) is 48.0 Å². The lowest BCUT2D eigenvalue weighted by atomic mass is 10.0. The standard InChI is InChI=1S/C14H17N5/c1-2-19-11-17-18-14(19)10-16-13(8-9-15)12-6-4-3-5-7-12/h3-7,11,13,16H,2,8,10H2,1H3. The van der Waals surface area contributed by atoms with E-state index in [1.54, 1.807) is 6.33 Å². The molecule has 1 atom stereocenters. The van der Waals surface area contributed by atoms with Gasteiger partial charge in [-0.3, -0.25) is 0 Å². The molecule has 98 valence electrons. The number of hydrogen-bond donors (Lipinski definition) is 1. The van der Waals surface area contributed by atoms with Gasteiger partial charge in [-0.2, -0.15) is 5.26 Å². The van der Waals surface area contributed by atoms with Gasteiger partial charge >= 0.3 is 0 Å². The highest BCUT2D eigenvalue weighted by Gasteiger charge is 2.11. The molecule has 19 heavy (non-hydrogen) atoms. The molecule has 2 aromatic rings. The smallest absolute Gasteiger partial charge is 0.146 e. The average Bonchev–Trinajstić information content (AvgIpc) is 2.92. The van der Waals surface area contributed by atoms with Gasteiger partial charge in [-0.05, 0) is 12.5 Å². The maximum absolute atomic E-state index is 8.93. The first-order valence-corrected chi connectivity index (χ1v) is 6.37. The summed E-state index contributed by atoms with van der Waals surface area (Å²) in [6, 6.07) is 12.2. The summed E-state index contributed by atoms with van der Waals surface area (Å²) in [5.74, 6) is 0.890. The van der Waals surface area contributed by atoms with Crippen LogP contribution in [0.2, 0.25) is 0 Å². The van der Waals surface area contributed by atoms with Gasteiger partial charge in [-0.1, -0.05) is 30.3 Å². The van der Waals surface area contributed by atoms with E-state index in [2.05, 4.69) is 28.5 Å². The Morgan fingerprint density at radius 3 is 2.84 bits per heavy atom. The molecule has 1 aromatic heterocycles. The van der Waals surface area contributed by atoms with Gasteiger partial charge in [0, 0.05) is 12.6 Å². The van der Waals surface area contributed by atoms with Crippen LogP contribution in [0, 0.1) is 11.3 Å². The normalized spacial score (nSPS) is 12.0. The van der Waals surface area contributed by atoms with Crippen LogP contribution in [0.25, 0.3) is 0 Å². The quantitative estimate of drug-likeness (QED) is 0.857. The number of aromatic nitrogens is 3. The lowest BCUT2D eigenvalue weighted by Crippen LogP contribution is -2.22. The Kier molecular flexibility index (Phi) is 4.65. The number of nitrogens with zero attached hydrogens (tertiary/aromatic N) is 4. The number of rotatable bonds is 6. The molecule has 0 saturated heterocycles. The Balaban J connectivity index is 2.04. The first kappa shape index (κ1) is 13.2. The van der Waals surface area contributed by atoms with Crippen LogP contribution >= 0.6 is 0 Å². The highest BCUT2D eigenvalue weighted by atomic mass is 15.3. The van der Waals surface area contributed by atoms with E-state index in [0.717, 1.165) is 17.9 Å². The fourth-order valence-electron chi connectivity index (χ4n) is 1.98. The number of aryl methyl sites for hydroxylation is 1. The Bertz CT molecular complexity index is 540. The van der Waals surface area contributed by atoms with E-state index in [1.807, 2.05) is 34.9 Å². The van der Waals surface area contributed by atoms with Crippen molar-refractivity contribution in [1.82, 2.24) is 20.1 Å². The summed E-state index contributed by atoms with van der Waals surface area (Å²) in [6.45, 7) is 3.50. The van der Waals surface area contributed by atoms with E-state index >= 15 is 0 Å². The van der Waals surface area contributed by atoms with E-state index in [4.69, 9.17) is 5.26 Å². The molecule has 0 amide bonds. The molecule has 0 bridgehead atoms. The summed E-state index contributed by atoms with van der Waals surface area (Å²) in [5, 5.41) is 20.3. The van der Waals surface area contributed by atoms with Crippen LogP contribution in [0.1, 0.15) is 30.8 Å². The number of nitrogens with one attached hydrogen (secondary N) is 1. The SMILES string of the molecule is CCn1cnnc1CNC(CC#N)c1ccccc1. The van der Waals surface area contributed by atoms with Gasteiger partial charge in [0.2, 0.25) is 0 Å². The zero-order valence-corrected chi connectivity index (χ0v) is 11.0. The summed E-state index contributed by atoms with van der Waals surface area (Å²) in [4.78, 5) is 0. The minimum atomic E-state index is 0.0215. The van der Waals surface area contributed by atoms with Crippen molar-refractivity contribution >= 4 is 0 Å². The van der Waals surface area contributed by atoms with E-state index < -0.39 is 0 Å². The molecule has 0 fully saturated rings. The van der Waals surface area contributed by atoms with E-state index in [1.165, 1.54) is 0 Å². The van der Waals surface area contributed by atoms with Crippen LogP contribution < -0.4 is 5.32 Å². The summed E-state index contributed by atoms with van der Waals surface area (Å²) in [7, 11) is 0. The van der Waals surface area contributed by atoms with E-state index in [-0.39, 0.29) is 6.04 Å². The summed E-state index contributed by atoms with van der Waals surface area (Å²) < 4.78 is 1.99. The molecular formula is C14H17N5. The van der Waals surface area contributed by atoms with Gasteiger partial charge in [0.15, 0.2) is 0 Å². The summed E-state index contributed by atoms with van der Waals surface area (Å²) in [6.07, 6.45) is 2.16. The second-order valence-electron chi connectivity index (χ2n) is 4.24. The Labute approximate surface area is 112 Å². The lowest BCUT2D eigenvalue weighted by Gasteiger charge is -2.16. The molecule has 5 heteroatoms. The Morgan fingerprint density at radius 2 is 2.16 bits per heavy atom. The van der Waals surface area contributed by atoms with Gasteiger partial charge in [0.1, 0.15) is 12.2 Å². The third-order valence-corrected chi connectivity index (χ3v) is 3.04. The summed E-state index contributed by atoms with van der Waals surface area (Å²) in [5.41, 5.74) is 1.12. The van der Waals surface area contributed by atoms with Gasteiger partial charge in [0.05, 0.1) is 19.0 Å². The Morgan fingerprint density at radius 1 is 1.37 bits per heavy atom. The number of benzene rings is 1. The molecule has 0 aliphatic carbocycles. The molecular weight excluding hydrogens is 238 g/mol. The van der Waals surface area contributed by atoms with Gasteiger partial charge in [0.25, 0.3) is 0 Å². The zero-order chi connectivity index (χ0) is 13.5. The van der Waals surface area contributed by atoms with Crippen molar-refractivity contribution in [2.24, 2.45) is 0 Å². The predicted molar refractivity (Wildman–Crippen MR) is 71.9 cm³/mol. The molecule has 1 heterocycles. The van der Waals surface area contributed by atoms with Crippen LogP contribution in [0.5, 0.6) is 0 Å². The highest BCUT2D eigenvalue weighted by Crippen LogP contribution is 2.16. The lowest BCUT2D eigenvalue weighted by molar-refractivity contribution is 0.515. The molecule has 1 N–H and O–H groups in total. The second kappa shape index (κ2) is 6.66. The van der Waals surface area contributed by atoms with Crippen molar-refractivity contribution in [2.75, 3.05) is 0 Å². The van der Waals surface area contributed by atoms with Gasteiger partial charge in [-0.15, -0.1) is 10.2 Å². The van der Waals surface area contributed by atoms with Crippen molar-refractivity contribution in [1.29, 1.82) is 5.26 Å². The summed E-state index contributed by atoms with van der Waals surface area (Å²) >= 11 is 0. The molecule has 1 aromatic carbocycles. The fourth-order valence-corrected chi connectivity index (χ4v) is 1.98. The first-order chi connectivity index (χ1) is 9.35. The fraction of sp³-hybridized carbons (Fsp3) is 0.357. The van der Waals surface area contributed by atoms with E-state index in [9.17, 15) is 0 Å². The largest absolute Gasteiger partial charge is 0.317 e. The minimum Gasteiger partial charge on any atom is -0.317 e. The highest BCUT2D eigenvalue weighted by molar-refractivity contribution is 5.19. The van der Waals surface area contributed by atoms with Crippen LogP contribution in [0.3, 0.4) is 0 Å².